The number of aliphatic hydroxyl groups is 1. The Hall–Kier alpha value is -0.540. The standard InChI is InChI=1S/C7H7IN4OS/c1-12-10-7(9-11-12)6(13)4-2-5(8)14-3-4/h2-3,6,13H,1H3. The van der Waals surface area contributed by atoms with Gasteiger partial charge in [-0.1, -0.05) is 0 Å². The molecule has 0 amide bonds. The van der Waals surface area contributed by atoms with Crippen molar-refractivity contribution in [2.24, 2.45) is 7.05 Å². The third-order valence-corrected chi connectivity index (χ3v) is 3.48. The van der Waals surface area contributed by atoms with E-state index in [0.29, 0.717) is 5.82 Å². The van der Waals surface area contributed by atoms with Gasteiger partial charge in [0, 0.05) is 5.56 Å². The smallest absolute Gasteiger partial charge is 0.207 e. The molecular weight excluding hydrogens is 315 g/mol. The molecule has 0 saturated heterocycles. The Morgan fingerprint density at radius 2 is 2.43 bits per heavy atom. The third-order valence-electron chi connectivity index (χ3n) is 1.67. The molecule has 14 heavy (non-hydrogen) atoms. The maximum absolute atomic E-state index is 9.84. The minimum atomic E-state index is -0.775. The average molecular weight is 322 g/mol. The summed E-state index contributed by atoms with van der Waals surface area (Å²) >= 11 is 3.78. The molecule has 0 saturated carbocycles. The van der Waals surface area contributed by atoms with Crippen molar-refractivity contribution in [3.05, 3.63) is 25.7 Å². The first-order chi connectivity index (χ1) is 6.66. The molecule has 2 aromatic rings. The summed E-state index contributed by atoms with van der Waals surface area (Å²) in [6, 6.07) is 1.91. The van der Waals surface area contributed by atoms with E-state index in [4.69, 9.17) is 0 Å². The van der Waals surface area contributed by atoms with Crippen LogP contribution in [-0.4, -0.2) is 25.3 Å². The lowest BCUT2D eigenvalue weighted by atomic mass is 10.2. The molecule has 2 rings (SSSR count). The number of nitrogens with zero attached hydrogens (tertiary/aromatic N) is 4. The van der Waals surface area contributed by atoms with Crippen molar-refractivity contribution in [1.29, 1.82) is 0 Å². The van der Waals surface area contributed by atoms with Crippen LogP contribution in [0.5, 0.6) is 0 Å². The van der Waals surface area contributed by atoms with E-state index in [0.717, 1.165) is 8.45 Å². The molecule has 2 heterocycles. The van der Waals surface area contributed by atoms with Crippen LogP contribution in [0, 0.1) is 2.88 Å². The third kappa shape index (κ3) is 1.93. The Bertz CT molecular complexity index is 400. The number of halogens is 1. The predicted molar refractivity (Wildman–Crippen MR) is 59.9 cm³/mol. The van der Waals surface area contributed by atoms with Gasteiger partial charge < -0.3 is 5.11 Å². The predicted octanol–water partition coefficient (Wildman–Crippen LogP) is 0.958. The first-order valence-corrected chi connectivity index (χ1v) is 5.78. The lowest BCUT2D eigenvalue weighted by Gasteiger charge is -2.01. The lowest BCUT2D eigenvalue weighted by Crippen LogP contribution is -2.01. The van der Waals surface area contributed by atoms with E-state index >= 15 is 0 Å². The van der Waals surface area contributed by atoms with Gasteiger partial charge in [-0.3, -0.25) is 0 Å². The molecule has 1 atom stereocenters. The van der Waals surface area contributed by atoms with Gasteiger partial charge in [0.15, 0.2) is 0 Å². The molecular formula is C7H7IN4OS. The van der Waals surface area contributed by atoms with E-state index in [1.165, 1.54) is 4.80 Å². The van der Waals surface area contributed by atoms with Gasteiger partial charge >= 0.3 is 0 Å². The van der Waals surface area contributed by atoms with Gasteiger partial charge in [-0.2, -0.15) is 4.80 Å². The summed E-state index contributed by atoms with van der Waals surface area (Å²) in [5.41, 5.74) is 0.812. The molecule has 1 N–H and O–H groups in total. The molecule has 5 nitrogen and oxygen atoms in total. The number of hydrogen-bond donors (Lipinski definition) is 1. The number of hydrogen-bond acceptors (Lipinski definition) is 5. The molecule has 0 fully saturated rings. The van der Waals surface area contributed by atoms with Crippen LogP contribution in [0.15, 0.2) is 11.4 Å². The van der Waals surface area contributed by atoms with E-state index in [1.807, 2.05) is 11.4 Å². The molecule has 7 heteroatoms. The molecule has 0 spiro atoms. The largest absolute Gasteiger partial charge is 0.380 e. The van der Waals surface area contributed by atoms with Crippen molar-refractivity contribution in [1.82, 2.24) is 20.2 Å². The van der Waals surface area contributed by atoms with E-state index in [1.54, 1.807) is 18.4 Å². The second-order valence-electron chi connectivity index (χ2n) is 2.72. The SMILES string of the molecule is Cn1nnc(C(O)c2csc(I)c2)n1. The van der Waals surface area contributed by atoms with Crippen molar-refractivity contribution in [2.75, 3.05) is 0 Å². The van der Waals surface area contributed by atoms with E-state index in [9.17, 15) is 5.11 Å². The lowest BCUT2D eigenvalue weighted by molar-refractivity contribution is 0.210. The number of thiophene rings is 1. The highest BCUT2D eigenvalue weighted by Crippen LogP contribution is 2.24. The number of tetrazole rings is 1. The summed E-state index contributed by atoms with van der Waals surface area (Å²) in [5.74, 6) is 0.335. The van der Waals surface area contributed by atoms with Gasteiger partial charge in [0.05, 0.1) is 9.93 Å². The highest BCUT2D eigenvalue weighted by Gasteiger charge is 2.16. The van der Waals surface area contributed by atoms with Crippen molar-refractivity contribution in [3.63, 3.8) is 0 Å². The molecule has 0 aliphatic rings. The van der Waals surface area contributed by atoms with Gasteiger partial charge in [-0.05, 0) is 39.3 Å². The molecule has 74 valence electrons. The monoisotopic (exact) mass is 322 g/mol. The van der Waals surface area contributed by atoms with Crippen LogP contribution in [0.2, 0.25) is 0 Å². The summed E-state index contributed by atoms with van der Waals surface area (Å²) in [7, 11) is 1.67. The van der Waals surface area contributed by atoms with Gasteiger partial charge in [0.1, 0.15) is 6.10 Å². The molecule has 0 radical (unpaired) electrons. The van der Waals surface area contributed by atoms with Crippen LogP contribution < -0.4 is 0 Å². The first-order valence-electron chi connectivity index (χ1n) is 3.82. The number of rotatable bonds is 2. The maximum atomic E-state index is 9.84. The summed E-state index contributed by atoms with van der Waals surface area (Å²) < 4.78 is 1.13. The zero-order valence-electron chi connectivity index (χ0n) is 7.25. The van der Waals surface area contributed by atoms with Crippen molar-refractivity contribution in [3.8, 4) is 0 Å². The van der Waals surface area contributed by atoms with Gasteiger partial charge in [0.25, 0.3) is 0 Å². The van der Waals surface area contributed by atoms with Gasteiger partial charge in [0.2, 0.25) is 5.82 Å². The van der Waals surface area contributed by atoms with Crippen molar-refractivity contribution in [2.45, 2.75) is 6.10 Å². The summed E-state index contributed by atoms with van der Waals surface area (Å²) in [5, 5.41) is 23.1. The molecule has 0 aliphatic carbocycles. The fraction of sp³-hybridized carbons (Fsp3) is 0.286. The molecule has 1 unspecified atom stereocenters. The van der Waals surface area contributed by atoms with Crippen LogP contribution in [-0.2, 0) is 7.05 Å². The zero-order chi connectivity index (χ0) is 10.1. The minimum Gasteiger partial charge on any atom is -0.380 e. The highest BCUT2D eigenvalue weighted by atomic mass is 127. The Balaban J connectivity index is 2.28. The van der Waals surface area contributed by atoms with Crippen LogP contribution in [0.1, 0.15) is 17.5 Å². The van der Waals surface area contributed by atoms with E-state index in [2.05, 4.69) is 38.0 Å². The van der Waals surface area contributed by atoms with Crippen LogP contribution in [0.25, 0.3) is 0 Å². The number of aliphatic hydroxyl groups excluding tert-OH is 1. The topological polar surface area (TPSA) is 63.8 Å². The second kappa shape index (κ2) is 3.91. The quantitative estimate of drug-likeness (QED) is 0.837. The Morgan fingerprint density at radius 1 is 1.64 bits per heavy atom. The highest BCUT2D eigenvalue weighted by molar-refractivity contribution is 14.1. The van der Waals surface area contributed by atoms with Gasteiger partial charge in [-0.25, -0.2) is 0 Å². The summed E-state index contributed by atoms with van der Waals surface area (Å²) in [4.78, 5) is 1.33. The van der Waals surface area contributed by atoms with Crippen LogP contribution >= 0.6 is 33.9 Å². The normalized spacial score (nSPS) is 13.1. The average Bonchev–Trinajstić information content (AvgIpc) is 2.73. The summed E-state index contributed by atoms with van der Waals surface area (Å²) in [6.45, 7) is 0. The van der Waals surface area contributed by atoms with Crippen LogP contribution in [0.3, 0.4) is 0 Å². The molecule has 0 aromatic carbocycles. The van der Waals surface area contributed by atoms with Crippen molar-refractivity contribution >= 4 is 33.9 Å². The molecule has 0 aliphatic heterocycles. The Labute approximate surface area is 97.9 Å². The Morgan fingerprint density at radius 3 is 2.93 bits per heavy atom. The second-order valence-corrected chi connectivity index (χ2v) is 5.53. The number of aryl methyl sites for hydroxylation is 1. The molecule has 0 bridgehead atoms. The van der Waals surface area contributed by atoms with Gasteiger partial charge in [-0.15, -0.1) is 21.5 Å². The Kier molecular flexibility index (Phi) is 2.79. The van der Waals surface area contributed by atoms with E-state index < -0.39 is 6.10 Å². The molecule has 2 aromatic heterocycles. The fourth-order valence-electron chi connectivity index (χ4n) is 1.02. The zero-order valence-corrected chi connectivity index (χ0v) is 10.2. The maximum Gasteiger partial charge on any atom is 0.207 e. The van der Waals surface area contributed by atoms with E-state index in [-0.39, 0.29) is 0 Å². The fourth-order valence-corrected chi connectivity index (χ4v) is 2.41. The first kappa shape index (κ1) is 9.99. The summed E-state index contributed by atoms with van der Waals surface area (Å²) in [6.07, 6.45) is -0.775. The minimum absolute atomic E-state index is 0.335. The van der Waals surface area contributed by atoms with Crippen LogP contribution in [0.4, 0.5) is 0 Å². The number of aromatic nitrogens is 4. The van der Waals surface area contributed by atoms with Crippen molar-refractivity contribution < 1.29 is 5.11 Å².